The Labute approximate surface area is 174 Å². The third kappa shape index (κ3) is 2.81. The first-order chi connectivity index (χ1) is 14.6. The average Bonchev–Trinajstić information content (AvgIpc) is 3.23. The summed E-state index contributed by atoms with van der Waals surface area (Å²) >= 11 is 6.26. The molecule has 4 aromatic heterocycles. The maximum Gasteiger partial charge on any atom is 0.267 e. The molecule has 0 fully saturated rings. The summed E-state index contributed by atoms with van der Waals surface area (Å²) in [5, 5.41) is 7.97. The Morgan fingerprint density at radius 2 is 1.60 bits per heavy atom. The van der Waals surface area contributed by atoms with Crippen LogP contribution < -0.4 is 11.1 Å². The quantitative estimate of drug-likeness (QED) is 0.454. The SMILES string of the molecule is CCc1nc(-n2ccc3nc4ccn(-c5ccccc5Cl)c(=O)c4cc3c2=O)n[nH]1. The Kier molecular flexibility index (Phi) is 4.22. The fourth-order valence-corrected chi connectivity index (χ4v) is 3.60. The fraction of sp³-hybridized carbons (Fsp3) is 0.0952. The zero-order valence-corrected chi connectivity index (χ0v) is 16.6. The average molecular weight is 419 g/mol. The molecule has 0 spiro atoms. The highest BCUT2D eigenvalue weighted by molar-refractivity contribution is 6.32. The van der Waals surface area contributed by atoms with E-state index >= 15 is 0 Å². The molecule has 5 aromatic rings. The van der Waals surface area contributed by atoms with Gasteiger partial charge in [0.05, 0.1) is 32.5 Å². The van der Waals surface area contributed by atoms with Gasteiger partial charge in [-0.3, -0.25) is 19.3 Å². The number of para-hydroxylation sites is 1. The van der Waals surface area contributed by atoms with Gasteiger partial charge in [-0.25, -0.2) is 9.55 Å². The summed E-state index contributed by atoms with van der Waals surface area (Å²) in [6.07, 6.45) is 3.88. The summed E-state index contributed by atoms with van der Waals surface area (Å²) in [5.74, 6) is 0.927. The Hall–Kier alpha value is -3.78. The molecule has 0 aliphatic rings. The molecule has 0 unspecified atom stereocenters. The molecule has 9 heteroatoms. The van der Waals surface area contributed by atoms with Gasteiger partial charge in [0.15, 0.2) is 0 Å². The standard InChI is InChI=1S/C21H15ClN6O2/c1-2-18-24-21(26-25-18)28-10-8-16-13(20(28)30)11-12-15(23-16)7-9-27(19(12)29)17-6-4-3-5-14(17)22/h3-11H,2H2,1H3,(H,24,25,26). The van der Waals surface area contributed by atoms with Gasteiger partial charge >= 0.3 is 0 Å². The van der Waals surface area contributed by atoms with Crippen molar-refractivity contribution >= 4 is 33.4 Å². The van der Waals surface area contributed by atoms with Gasteiger partial charge < -0.3 is 0 Å². The van der Waals surface area contributed by atoms with Gasteiger partial charge in [0.1, 0.15) is 5.82 Å². The van der Waals surface area contributed by atoms with Crippen molar-refractivity contribution in [3.63, 3.8) is 0 Å². The van der Waals surface area contributed by atoms with Crippen molar-refractivity contribution in [2.24, 2.45) is 0 Å². The van der Waals surface area contributed by atoms with Crippen molar-refractivity contribution in [1.82, 2.24) is 29.3 Å². The Morgan fingerprint density at radius 3 is 2.27 bits per heavy atom. The number of benzene rings is 1. The molecule has 0 saturated heterocycles. The largest absolute Gasteiger partial charge is 0.282 e. The van der Waals surface area contributed by atoms with E-state index in [4.69, 9.17) is 11.6 Å². The van der Waals surface area contributed by atoms with Crippen LogP contribution in [0.2, 0.25) is 5.02 Å². The number of nitrogens with zero attached hydrogens (tertiary/aromatic N) is 5. The fourth-order valence-electron chi connectivity index (χ4n) is 3.37. The number of H-pyrrole nitrogens is 1. The maximum atomic E-state index is 13.2. The third-order valence-electron chi connectivity index (χ3n) is 4.93. The minimum atomic E-state index is -0.351. The highest BCUT2D eigenvalue weighted by Crippen LogP contribution is 2.20. The predicted octanol–water partition coefficient (Wildman–Crippen LogP) is 3.02. The maximum absolute atomic E-state index is 13.2. The van der Waals surface area contributed by atoms with E-state index in [2.05, 4.69) is 20.2 Å². The second kappa shape index (κ2) is 6.93. The van der Waals surface area contributed by atoms with Crippen molar-refractivity contribution in [3.8, 4) is 11.6 Å². The number of pyridine rings is 3. The lowest BCUT2D eigenvalue weighted by molar-refractivity contribution is 0.901. The second-order valence-electron chi connectivity index (χ2n) is 6.72. The number of hydrogen-bond donors (Lipinski definition) is 1. The van der Waals surface area contributed by atoms with Gasteiger partial charge in [0.2, 0.25) is 0 Å². The number of rotatable bonds is 3. The van der Waals surface area contributed by atoms with Crippen LogP contribution in [0.4, 0.5) is 0 Å². The molecule has 0 atom stereocenters. The number of halogens is 1. The number of aromatic nitrogens is 6. The van der Waals surface area contributed by atoms with E-state index in [-0.39, 0.29) is 17.1 Å². The molecule has 0 amide bonds. The molecule has 0 bridgehead atoms. The number of fused-ring (bicyclic) bond motifs is 2. The minimum Gasteiger partial charge on any atom is -0.282 e. The topological polar surface area (TPSA) is 98.5 Å². The van der Waals surface area contributed by atoms with Crippen molar-refractivity contribution in [2.45, 2.75) is 13.3 Å². The molecule has 0 radical (unpaired) electrons. The van der Waals surface area contributed by atoms with Crippen LogP contribution >= 0.6 is 11.6 Å². The number of aromatic amines is 1. The van der Waals surface area contributed by atoms with Gasteiger partial charge in [-0.15, -0.1) is 5.10 Å². The lowest BCUT2D eigenvalue weighted by Gasteiger charge is -2.09. The molecule has 8 nitrogen and oxygen atoms in total. The third-order valence-corrected chi connectivity index (χ3v) is 5.24. The monoisotopic (exact) mass is 418 g/mol. The molecule has 0 aliphatic carbocycles. The van der Waals surface area contributed by atoms with Crippen LogP contribution in [0, 0.1) is 0 Å². The van der Waals surface area contributed by atoms with E-state index in [1.54, 1.807) is 54.9 Å². The molecular formula is C21H15ClN6O2. The summed E-state index contributed by atoms with van der Waals surface area (Å²) in [6, 6.07) is 12.1. The molecule has 1 N–H and O–H groups in total. The molecule has 30 heavy (non-hydrogen) atoms. The first-order valence-corrected chi connectivity index (χ1v) is 9.69. The molecule has 4 heterocycles. The molecule has 5 rings (SSSR count). The van der Waals surface area contributed by atoms with Crippen LogP contribution in [0.25, 0.3) is 33.4 Å². The van der Waals surface area contributed by atoms with Crippen LogP contribution in [-0.4, -0.2) is 29.3 Å². The van der Waals surface area contributed by atoms with E-state index in [0.29, 0.717) is 44.8 Å². The minimum absolute atomic E-state index is 0.250. The van der Waals surface area contributed by atoms with Gasteiger partial charge in [-0.2, -0.15) is 4.98 Å². The van der Waals surface area contributed by atoms with Crippen LogP contribution in [0.15, 0.2) is 64.4 Å². The summed E-state index contributed by atoms with van der Waals surface area (Å²) in [7, 11) is 0. The summed E-state index contributed by atoms with van der Waals surface area (Å²) in [6.45, 7) is 1.94. The Morgan fingerprint density at radius 1 is 0.933 bits per heavy atom. The van der Waals surface area contributed by atoms with Gasteiger partial charge in [0, 0.05) is 18.8 Å². The summed E-state index contributed by atoms with van der Waals surface area (Å²) < 4.78 is 2.78. The lowest BCUT2D eigenvalue weighted by atomic mass is 10.2. The Bertz CT molecular complexity index is 1550. The lowest BCUT2D eigenvalue weighted by Crippen LogP contribution is -2.21. The molecular weight excluding hydrogens is 404 g/mol. The normalized spacial score (nSPS) is 11.4. The van der Waals surface area contributed by atoms with Crippen LogP contribution in [0.1, 0.15) is 12.7 Å². The van der Waals surface area contributed by atoms with E-state index in [9.17, 15) is 9.59 Å². The number of aryl methyl sites for hydroxylation is 1. The first kappa shape index (κ1) is 18.3. The molecule has 1 aromatic carbocycles. The van der Waals surface area contributed by atoms with Gasteiger partial charge in [-0.1, -0.05) is 30.7 Å². The van der Waals surface area contributed by atoms with Crippen LogP contribution in [0.5, 0.6) is 0 Å². The summed E-state index contributed by atoms with van der Waals surface area (Å²) in [5.41, 5.74) is 0.889. The molecule has 148 valence electrons. The summed E-state index contributed by atoms with van der Waals surface area (Å²) in [4.78, 5) is 35.1. The Balaban J connectivity index is 1.77. The van der Waals surface area contributed by atoms with Crippen molar-refractivity contribution in [3.05, 3.63) is 86.4 Å². The van der Waals surface area contributed by atoms with Crippen molar-refractivity contribution in [2.75, 3.05) is 0 Å². The molecule has 0 aliphatic heterocycles. The van der Waals surface area contributed by atoms with E-state index in [1.807, 2.05) is 6.92 Å². The molecule has 0 saturated carbocycles. The van der Waals surface area contributed by atoms with Crippen molar-refractivity contribution < 1.29 is 0 Å². The first-order valence-electron chi connectivity index (χ1n) is 9.31. The van der Waals surface area contributed by atoms with E-state index < -0.39 is 0 Å². The van der Waals surface area contributed by atoms with Crippen LogP contribution in [-0.2, 0) is 6.42 Å². The smallest absolute Gasteiger partial charge is 0.267 e. The predicted molar refractivity (Wildman–Crippen MR) is 115 cm³/mol. The second-order valence-corrected chi connectivity index (χ2v) is 7.13. The zero-order chi connectivity index (χ0) is 20.8. The van der Waals surface area contributed by atoms with Crippen molar-refractivity contribution in [1.29, 1.82) is 0 Å². The number of nitrogens with one attached hydrogen (secondary N) is 1. The van der Waals surface area contributed by atoms with Gasteiger partial charge in [-0.05, 0) is 30.3 Å². The highest BCUT2D eigenvalue weighted by atomic mass is 35.5. The van der Waals surface area contributed by atoms with Gasteiger partial charge in [0.25, 0.3) is 17.1 Å². The zero-order valence-electron chi connectivity index (χ0n) is 15.8. The van der Waals surface area contributed by atoms with Crippen LogP contribution in [0.3, 0.4) is 0 Å². The van der Waals surface area contributed by atoms with E-state index in [1.165, 1.54) is 9.13 Å². The van der Waals surface area contributed by atoms with E-state index in [0.717, 1.165) is 0 Å². The highest BCUT2D eigenvalue weighted by Gasteiger charge is 2.14. The number of hydrogen-bond acceptors (Lipinski definition) is 5.